The van der Waals surface area contributed by atoms with Gasteiger partial charge in [0.1, 0.15) is 5.76 Å². The van der Waals surface area contributed by atoms with Crippen molar-refractivity contribution < 1.29 is 14.3 Å². The number of aromatic carboxylic acids is 1. The van der Waals surface area contributed by atoms with E-state index in [0.717, 1.165) is 6.54 Å². The first-order valence-electron chi connectivity index (χ1n) is 7.07. The van der Waals surface area contributed by atoms with Gasteiger partial charge in [0.2, 0.25) is 5.76 Å². The van der Waals surface area contributed by atoms with Gasteiger partial charge in [-0.2, -0.15) is 0 Å². The minimum atomic E-state index is -1.02. The molecule has 0 aromatic carbocycles. The van der Waals surface area contributed by atoms with Crippen molar-refractivity contribution in [3.63, 3.8) is 0 Å². The lowest BCUT2D eigenvalue weighted by atomic mass is 9.75. The highest BCUT2D eigenvalue weighted by atomic mass is 16.4. The SMILES string of the molecule is CC(NCC1(C)CCCCC1)c1ccc(C(=O)O)o1. The molecule has 0 radical (unpaired) electrons. The van der Waals surface area contributed by atoms with Crippen LogP contribution in [0.25, 0.3) is 0 Å². The number of rotatable bonds is 5. The first kappa shape index (κ1) is 14.1. The third kappa shape index (κ3) is 3.60. The van der Waals surface area contributed by atoms with Crippen molar-refractivity contribution in [1.82, 2.24) is 5.32 Å². The molecule has 1 aliphatic carbocycles. The molecule has 1 aromatic heterocycles. The van der Waals surface area contributed by atoms with Gasteiger partial charge in [-0.1, -0.05) is 26.2 Å². The Morgan fingerprint density at radius 2 is 2.11 bits per heavy atom. The molecule has 4 heteroatoms. The highest BCUT2D eigenvalue weighted by Gasteiger charge is 2.27. The van der Waals surface area contributed by atoms with Crippen LogP contribution in [-0.2, 0) is 0 Å². The average Bonchev–Trinajstić information content (AvgIpc) is 2.87. The molecule has 1 heterocycles. The maximum Gasteiger partial charge on any atom is 0.371 e. The summed E-state index contributed by atoms with van der Waals surface area (Å²) >= 11 is 0. The van der Waals surface area contributed by atoms with Gasteiger partial charge in [0.15, 0.2) is 0 Å². The molecule has 1 fully saturated rings. The predicted octanol–water partition coefficient (Wildman–Crippen LogP) is 3.60. The second-order valence-corrected chi connectivity index (χ2v) is 5.98. The average molecular weight is 265 g/mol. The Labute approximate surface area is 114 Å². The molecule has 4 nitrogen and oxygen atoms in total. The minimum absolute atomic E-state index is 0.00697. The summed E-state index contributed by atoms with van der Waals surface area (Å²) in [6.07, 6.45) is 6.52. The summed E-state index contributed by atoms with van der Waals surface area (Å²) in [6, 6.07) is 3.30. The van der Waals surface area contributed by atoms with Crippen molar-refractivity contribution >= 4 is 5.97 Å². The summed E-state index contributed by atoms with van der Waals surface area (Å²) in [4.78, 5) is 10.8. The van der Waals surface area contributed by atoms with E-state index in [0.29, 0.717) is 11.2 Å². The molecule has 0 bridgehead atoms. The molecular weight excluding hydrogens is 242 g/mol. The summed E-state index contributed by atoms with van der Waals surface area (Å²) in [5.41, 5.74) is 0.370. The third-order valence-corrected chi connectivity index (χ3v) is 4.16. The number of carboxylic acids is 1. The number of furan rings is 1. The van der Waals surface area contributed by atoms with Gasteiger partial charge in [-0.05, 0) is 37.3 Å². The topological polar surface area (TPSA) is 62.5 Å². The second kappa shape index (κ2) is 5.78. The Hall–Kier alpha value is -1.29. The zero-order valence-corrected chi connectivity index (χ0v) is 11.7. The van der Waals surface area contributed by atoms with E-state index in [1.165, 1.54) is 38.2 Å². The van der Waals surface area contributed by atoms with Gasteiger partial charge in [-0.15, -0.1) is 0 Å². The van der Waals surface area contributed by atoms with Crippen molar-refractivity contribution in [1.29, 1.82) is 0 Å². The van der Waals surface area contributed by atoms with Crippen molar-refractivity contribution in [2.45, 2.75) is 52.0 Å². The highest BCUT2D eigenvalue weighted by molar-refractivity contribution is 5.84. The molecule has 1 aromatic rings. The number of hydrogen-bond acceptors (Lipinski definition) is 3. The van der Waals surface area contributed by atoms with Crippen LogP contribution < -0.4 is 5.32 Å². The van der Waals surface area contributed by atoms with Gasteiger partial charge in [-0.25, -0.2) is 4.79 Å². The molecule has 1 saturated carbocycles. The minimum Gasteiger partial charge on any atom is -0.475 e. The monoisotopic (exact) mass is 265 g/mol. The normalized spacial score (nSPS) is 20.1. The largest absolute Gasteiger partial charge is 0.475 e. The van der Waals surface area contributed by atoms with Crippen LogP contribution in [0.15, 0.2) is 16.5 Å². The fraction of sp³-hybridized carbons (Fsp3) is 0.667. The van der Waals surface area contributed by atoms with Gasteiger partial charge < -0.3 is 14.8 Å². The Balaban J connectivity index is 1.89. The fourth-order valence-corrected chi connectivity index (χ4v) is 2.78. The molecule has 0 amide bonds. The van der Waals surface area contributed by atoms with Crippen LogP contribution in [0, 0.1) is 5.41 Å². The molecule has 106 valence electrons. The molecule has 19 heavy (non-hydrogen) atoms. The van der Waals surface area contributed by atoms with Crippen molar-refractivity contribution in [3.05, 3.63) is 23.7 Å². The van der Waals surface area contributed by atoms with Crippen LogP contribution in [0.3, 0.4) is 0 Å². The van der Waals surface area contributed by atoms with E-state index in [-0.39, 0.29) is 11.8 Å². The van der Waals surface area contributed by atoms with E-state index < -0.39 is 5.97 Å². The molecule has 1 atom stereocenters. The lowest BCUT2D eigenvalue weighted by molar-refractivity contribution is 0.0659. The molecule has 1 unspecified atom stereocenters. The zero-order chi connectivity index (χ0) is 13.9. The summed E-state index contributed by atoms with van der Waals surface area (Å²) < 4.78 is 5.32. The highest BCUT2D eigenvalue weighted by Crippen LogP contribution is 2.35. The zero-order valence-electron chi connectivity index (χ0n) is 11.7. The Bertz CT molecular complexity index is 432. The molecule has 0 aliphatic heterocycles. The third-order valence-electron chi connectivity index (χ3n) is 4.16. The van der Waals surface area contributed by atoms with E-state index in [1.54, 1.807) is 6.07 Å². The van der Waals surface area contributed by atoms with E-state index >= 15 is 0 Å². The molecule has 0 saturated heterocycles. The van der Waals surface area contributed by atoms with Crippen LogP contribution in [0.5, 0.6) is 0 Å². The Morgan fingerprint density at radius 3 is 2.68 bits per heavy atom. The standard InChI is InChI=1S/C15H23NO3/c1-11(12-6-7-13(19-12)14(17)18)16-10-15(2)8-4-3-5-9-15/h6-7,11,16H,3-5,8-10H2,1-2H3,(H,17,18). The van der Waals surface area contributed by atoms with Gasteiger partial charge in [0.05, 0.1) is 6.04 Å². The molecule has 0 spiro atoms. The van der Waals surface area contributed by atoms with Crippen LogP contribution >= 0.6 is 0 Å². The lowest BCUT2D eigenvalue weighted by Gasteiger charge is -2.34. The maximum absolute atomic E-state index is 10.8. The van der Waals surface area contributed by atoms with E-state index in [1.807, 2.05) is 6.92 Å². The molecular formula is C15H23NO3. The van der Waals surface area contributed by atoms with Crippen LogP contribution in [0.1, 0.15) is 68.3 Å². The maximum atomic E-state index is 10.8. The van der Waals surface area contributed by atoms with E-state index in [4.69, 9.17) is 9.52 Å². The fourth-order valence-electron chi connectivity index (χ4n) is 2.78. The van der Waals surface area contributed by atoms with Gasteiger partial charge in [-0.3, -0.25) is 0 Å². The van der Waals surface area contributed by atoms with Crippen molar-refractivity contribution in [3.8, 4) is 0 Å². The summed E-state index contributed by atoms with van der Waals surface area (Å²) in [7, 11) is 0. The van der Waals surface area contributed by atoms with Crippen molar-refractivity contribution in [2.75, 3.05) is 6.54 Å². The second-order valence-electron chi connectivity index (χ2n) is 5.98. The molecule has 2 N–H and O–H groups in total. The summed E-state index contributed by atoms with van der Waals surface area (Å²) in [5, 5.41) is 12.3. The number of carbonyl (C=O) groups is 1. The Kier molecular flexibility index (Phi) is 4.30. The summed E-state index contributed by atoms with van der Waals surface area (Å²) in [5.74, 6) is -0.318. The van der Waals surface area contributed by atoms with E-state index in [2.05, 4.69) is 12.2 Å². The molecule has 1 aliphatic rings. The number of nitrogens with one attached hydrogen (secondary N) is 1. The molecule has 2 rings (SSSR count). The van der Waals surface area contributed by atoms with Gasteiger partial charge in [0.25, 0.3) is 0 Å². The van der Waals surface area contributed by atoms with Crippen LogP contribution in [0.4, 0.5) is 0 Å². The van der Waals surface area contributed by atoms with Gasteiger partial charge >= 0.3 is 5.97 Å². The quantitative estimate of drug-likeness (QED) is 0.854. The van der Waals surface area contributed by atoms with Crippen molar-refractivity contribution in [2.24, 2.45) is 5.41 Å². The first-order valence-corrected chi connectivity index (χ1v) is 7.07. The number of carboxylic acid groups (broad SMARTS) is 1. The predicted molar refractivity (Wildman–Crippen MR) is 73.3 cm³/mol. The lowest BCUT2D eigenvalue weighted by Crippen LogP contribution is -2.34. The van der Waals surface area contributed by atoms with Crippen LogP contribution in [-0.4, -0.2) is 17.6 Å². The van der Waals surface area contributed by atoms with Gasteiger partial charge in [0, 0.05) is 6.54 Å². The van der Waals surface area contributed by atoms with Crippen LogP contribution in [0.2, 0.25) is 0 Å². The smallest absolute Gasteiger partial charge is 0.371 e. The number of hydrogen-bond donors (Lipinski definition) is 2. The first-order chi connectivity index (χ1) is 9.00. The van der Waals surface area contributed by atoms with E-state index in [9.17, 15) is 4.79 Å². The Morgan fingerprint density at radius 1 is 1.42 bits per heavy atom. The summed E-state index contributed by atoms with van der Waals surface area (Å²) in [6.45, 7) is 5.30.